The summed E-state index contributed by atoms with van der Waals surface area (Å²) in [5, 5.41) is 18.3. The highest BCUT2D eigenvalue weighted by atomic mass is 32.1. The van der Waals surface area contributed by atoms with E-state index in [0.29, 0.717) is 24.6 Å². The Labute approximate surface area is 132 Å². The molecule has 1 amide bonds. The molecule has 6 nitrogen and oxygen atoms in total. The molecule has 3 rings (SSSR count). The molecule has 0 bridgehead atoms. The smallest absolute Gasteiger partial charge is 0.231 e. The topological polar surface area (TPSA) is 88.3 Å². The molecule has 0 saturated heterocycles. The Morgan fingerprint density at radius 1 is 1.50 bits per heavy atom. The molecule has 0 unspecified atom stereocenters. The van der Waals surface area contributed by atoms with Crippen molar-refractivity contribution in [3.05, 3.63) is 34.1 Å². The molecule has 0 aliphatic heterocycles. The largest absolute Gasteiger partial charge is 0.393 e. The molecular weight excluding hydrogens is 302 g/mol. The number of thiophene rings is 1. The molecule has 2 aromatic rings. The number of aromatic nitrogens is 2. The van der Waals surface area contributed by atoms with Crippen LogP contribution in [0.1, 0.15) is 42.3 Å². The number of hydrogen-bond acceptors (Lipinski definition) is 6. The van der Waals surface area contributed by atoms with Gasteiger partial charge in [-0.2, -0.15) is 4.98 Å². The van der Waals surface area contributed by atoms with E-state index in [1.54, 1.807) is 11.3 Å². The first kappa shape index (κ1) is 15.2. The number of nitrogens with one attached hydrogen (secondary N) is 1. The fourth-order valence-electron chi connectivity index (χ4n) is 2.71. The lowest BCUT2D eigenvalue weighted by atomic mass is 9.87. The summed E-state index contributed by atoms with van der Waals surface area (Å²) in [6.45, 7) is 0.263. The maximum Gasteiger partial charge on any atom is 0.231 e. The van der Waals surface area contributed by atoms with Gasteiger partial charge in [-0.3, -0.25) is 4.79 Å². The van der Waals surface area contributed by atoms with Crippen molar-refractivity contribution in [2.24, 2.45) is 5.92 Å². The van der Waals surface area contributed by atoms with Crippen LogP contribution in [0.3, 0.4) is 0 Å². The molecule has 2 N–H and O–H groups in total. The van der Waals surface area contributed by atoms with E-state index in [4.69, 9.17) is 4.52 Å². The molecule has 0 radical (unpaired) electrons. The summed E-state index contributed by atoms with van der Waals surface area (Å²) >= 11 is 1.64. The fraction of sp³-hybridized carbons (Fsp3) is 0.533. The van der Waals surface area contributed by atoms with Crippen molar-refractivity contribution >= 4 is 17.2 Å². The van der Waals surface area contributed by atoms with E-state index in [-0.39, 0.29) is 24.5 Å². The van der Waals surface area contributed by atoms with Gasteiger partial charge in [0, 0.05) is 10.8 Å². The van der Waals surface area contributed by atoms with E-state index in [0.717, 1.165) is 24.1 Å². The Hall–Kier alpha value is -1.73. The quantitative estimate of drug-likeness (QED) is 0.878. The maximum absolute atomic E-state index is 12.1. The summed E-state index contributed by atoms with van der Waals surface area (Å²) in [4.78, 5) is 17.5. The van der Waals surface area contributed by atoms with Crippen molar-refractivity contribution < 1.29 is 14.4 Å². The van der Waals surface area contributed by atoms with Crippen molar-refractivity contribution in [2.45, 2.75) is 44.8 Å². The van der Waals surface area contributed by atoms with Gasteiger partial charge in [0.05, 0.1) is 19.1 Å². The number of aliphatic hydroxyl groups is 1. The molecule has 1 fully saturated rings. The van der Waals surface area contributed by atoms with Crippen LogP contribution in [0.4, 0.5) is 0 Å². The fourth-order valence-corrected chi connectivity index (χ4v) is 3.40. The van der Waals surface area contributed by atoms with E-state index < -0.39 is 0 Å². The van der Waals surface area contributed by atoms with Crippen molar-refractivity contribution in [1.82, 2.24) is 15.5 Å². The average molecular weight is 321 g/mol. The standard InChI is InChI=1S/C15H19N3O3S/c19-11-4-1-3-10(7-11)15(20)16-9-13-17-14(21-18-13)8-12-5-2-6-22-12/h2,5-6,10-11,19H,1,3-4,7-9H2,(H,16,20)/t10-,11+/m0/s1. The minimum atomic E-state index is -0.355. The molecule has 0 aromatic carbocycles. The van der Waals surface area contributed by atoms with Crippen molar-refractivity contribution in [3.8, 4) is 0 Å². The molecule has 1 aliphatic carbocycles. The summed E-state index contributed by atoms with van der Waals surface area (Å²) in [6, 6.07) is 4.00. The van der Waals surface area contributed by atoms with E-state index in [2.05, 4.69) is 15.5 Å². The normalized spacial score (nSPS) is 21.7. The summed E-state index contributed by atoms with van der Waals surface area (Å²) < 4.78 is 5.19. The Morgan fingerprint density at radius 2 is 2.41 bits per heavy atom. The van der Waals surface area contributed by atoms with Gasteiger partial charge >= 0.3 is 0 Å². The van der Waals surface area contributed by atoms with Gasteiger partial charge in [0.25, 0.3) is 0 Å². The maximum atomic E-state index is 12.1. The second-order valence-electron chi connectivity index (χ2n) is 5.60. The lowest BCUT2D eigenvalue weighted by Crippen LogP contribution is -2.35. The number of amides is 1. The van der Waals surface area contributed by atoms with Crippen LogP contribution in [0.15, 0.2) is 22.0 Å². The predicted molar refractivity (Wildman–Crippen MR) is 81.2 cm³/mol. The minimum Gasteiger partial charge on any atom is -0.393 e. The Morgan fingerprint density at radius 3 is 3.18 bits per heavy atom. The number of aliphatic hydroxyl groups excluding tert-OH is 1. The molecular formula is C15H19N3O3S. The first-order valence-corrected chi connectivity index (χ1v) is 8.38. The van der Waals surface area contributed by atoms with Gasteiger partial charge < -0.3 is 14.9 Å². The second kappa shape index (κ2) is 7.02. The highest BCUT2D eigenvalue weighted by Crippen LogP contribution is 2.24. The first-order chi connectivity index (χ1) is 10.7. The minimum absolute atomic E-state index is 0.0386. The molecule has 7 heteroatoms. The number of carbonyl (C=O) groups is 1. The van der Waals surface area contributed by atoms with E-state index in [1.165, 1.54) is 0 Å². The van der Waals surface area contributed by atoms with Crippen LogP contribution >= 0.6 is 11.3 Å². The summed E-state index contributed by atoms with van der Waals surface area (Å²) in [7, 11) is 0. The van der Waals surface area contributed by atoms with Gasteiger partial charge in [-0.15, -0.1) is 11.3 Å². The van der Waals surface area contributed by atoms with Crippen LogP contribution < -0.4 is 5.32 Å². The molecule has 2 aromatic heterocycles. The van der Waals surface area contributed by atoms with Crippen LogP contribution in [-0.4, -0.2) is 27.3 Å². The van der Waals surface area contributed by atoms with Crippen LogP contribution in [0.25, 0.3) is 0 Å². The van der Waals surface area contributed by atoms with E-state index in [9.17, 15) is 9.90 Å². The number of nitrogens with zero attached hydrogens (tertiary/aromatic N) is 2. The second-order valence-corrected chi connectivity index (χ2v) is 6.63. The molecule has 0 spiro atoms. The third-order valence-electron chi connectivity index (χ3n) is 3.85. The Balaban J connectivity index is 1.49. The lowest BCUT2D eigenvalue weighted by Gasteiger charge is -2.24. The lowest BCUT2D eigenvalue weighted by molar-refractivity contribution is -0.127. The van der Waals surface area contributed by atoms with Crippen LogP contribution in [0, 0.1) is 5.92 Å². The van der Waals surface area contributed by atoms with Crippen molar-refractivity contribution in [2.75, 3.05) is 0 Å². The molecule has 1 aliphatic rings. The Bertz CT molecular complexity index is 611. The Kier molecular flexibility index (Phi) is 4.84. The zero-order valence-corrected chi connectivity index (χ0v) is 13.0. The zero-order chi connectivity index (χ0) is 15.4. The average Bonchev–Trinajstić information content (AvgIpc) is 3.17. The summed E-state index contributed by atoms with van der Waals surface area (Å²) in [6.07, 6.45) is 3.33. The van der Waals surface area contributed by atoms with Crippen molar-refractivity contribution in [1.29, 1.82) is 0 Å². The van der Waals surface area contributed by atoms with Crippen LogP contribution in [0.5, 0.6) is 0 Å². The summed E-state index contributed by atoms with van der Waals surface area (Å²) in [5.41, 5.74) is 0. The predicted octanol–water partition coefficient (Wildman–Crippen LogP) is 1.89. The van der Waals surface area contributed by atoms with Gasteiger partial charge in [0.15, 0.2) is 5.82 Å². The SMILES string of the molecule is O=C(NCc1noc(Cc2cccs2)n1)[C@H]1CCC[C@@H](O)C1. The molecule has 22 heavy (non-hydrogen) atoms. The highest BCUT2D eigenvalue weighted by Gasteiger charge is 2.26. The van der Waals surface area contributed by atoms with Crippen LogP contribution in [0.2, 0.25) is 0 Å². The molecule has 2 atom stereocenters. The number of carbonyl (C=O) groups excluding carboxylic acids is 1. The van der Waals surface area contributed by atoms with Gasteiger partial charge in [-0.25, -0.2) is 0 Å². The molecule has 2 heterocycles. The molecule has 1 saturated carbocycles. The zero-order valence-electron chi connectivity index (χ0n) is 12.2. The van der Waals surface area contributed by atoms with Gasteiger partial charge in [0.1, 0.15) is 0 Å². The third kappa shape index (κ3) is 3.92. The first-order valence-electron chi connectivity index (χ1n) is 7.50. The number of rotatable bonds is 5. The van der Waals surface area contributed by atoms with E-state index in [1.807, 2.05) is 17.5 Å². The monoisotopic (exact) mass is 321 g/mol. The molecule has 118 valence electrons. The highest BCUT2D eigenvalue weighted by molar-refractivity contribution is 7.09. The number of hydrogen-bond donors (Lipinski definition) is 2. The van der Waals surface area contributed by atoms with Gasteiger partial charge in [0.2, 0.25) is 11.8 Å². The summed E-state index contributed by atoms with van der Waals surface area (Å²) in [5.74, 6) is 0.889. The van der Waals surface area contributed by atoms with E-state index >= 15 is 0 Å². The van der Waals surface area contributed by atoms with Crippen molar-refractivity contribution in [3.63, 3.8) is 0 Å². The van der Waals surface area contributed by atoms with Gasteiger partial charge in [-0.05, 0) is 30.7 Å². The van der Waals surface area contributed by atoms with Gasteiger partial charge in [-0.1, -0.05) is 17.6 Å². The third-order valence-corrected chi connectivity index (χ3v) is 4.73. The van der Waals surface area contributed by atoms with Crippen LogP contribution in [-0.2, 0) is 17.8 Å².